The van der Waals surface area contributed by atoms with Gasteiger partial charge in [0, 0.05) is 27.3 Å². The number of aromatic nitrogens is 3. The summed E-state index contributed by atoms with van der Waals surface area (Å²) in [6, 6.07) is 30.1. The Kier molecular flexibility index (Phi) is 5.71. The fourth-order valence-electron chi connectivity index (χ4n) is 5.31. The summed E-state index contributed by atoms with van der Waals surface area (Å²) in [7, 11) is 0. The van der Waals surface area contributed by atoms with E-state index in [-0.39, 0.29) is 11.1 Å². The second-order valence-corrected chi connectivity index (χ2v) is 9.98. The molecular weight excluding hydrogens is 536 g/mol. The smallest absolute Gasteiger partial charge is 0.135 e. The Hall–Kier alpha value is -5.57. The molecular formula is C33H15F2N5S. The first kappa shape index (κ1) is 24.5. The van der Waals surface area contributed by atoms with Crippen LogP contribution in [0, 0.1) is 34.3 Å². The zero-order valence-corrected chi connectivity index (χ0v) is 21.9. The van der Waals surface area contributed by atoms with Crippen molar-refractivity contribution in [1.82, 2.24) is 13.7 Å². The number of nitrogens with zero attached hydrogens (tertiary/aromatic N) is 5. The van der Waals surface area contributed by atoms with Gasteiger partial charge in [-0.2, -0.15) is 19.3 Å². The lowest BCUT2D eigenvalue weighted by atomic mass is 9.92. The average Bonchev–Trinajstić information content (AvgIpc) is 3.50. The number of halogens is 2. The lowest BCUT2D eigenvalue weighted by Gasteiger charge is -2.14. The van der Waals surface area contributed by atoms with Gasteiger partial charge in [0.05, 0.1) is 51.8 Å². The maximum absolute atomic E-state index is 14.7. The first-order valence-electron chi connectivity index (χ1n) is 12.5. The fraction of sp³-hybridized carbons (Fsp3) is 0. The molecule has 0 aliphatic heterocycles. The van der Waals surface area contributed by atoms with E-state index in [9.17, 15) is 14.0 Å². The first-order chi connectivity index (χ1) is 20.1. The van der Waals surface area contributed by atoms with Crippen molar-refractivity contribution in [3.05, 3.63) is 114 Å². The molecule has 41 heavy (non-hydrogen) atoms. The van der Waals surface area contributed by atoms with Gasteiger partial charge in [-0.3, -0.25) is 0 Å². The predicted molar refractivity (Wildman–Crippen MR) is 156 cm³/mol. The monoisotopic (exact) mass is 551 g/mol. The Morgan fingerprint density at radius 1 is 0.659 bits per heavy atom. The van der Waals surface area contributed by atoms with E-state index in [2.05, 4.69) is 14.8 Å². The number of nitriles is 2. The van der Waals surface area contributed by atoms with Gasteiger partial charge in [0.2, 0.25) is 0 Å². The molecule has 0 aliphatic carbocycles. The van der Waals surface area contributed by atoms with Crippen molar-refractivity contribution >= 4 is 44.4 Å². The molecule has 5 nitrogen and oxygen atoms in total. The number of hydrogen-bond acceptors (Lipinski definition) is 6. The van der Waals surface area contributed by atoms with Gasteiger partial charge >= 0.3 is 0 Å². The van der Waals surface area contributed by atoms with E-state index in [4.69, 9.17) is 10.2 Å². The largest absolute Gasteiger partial charge is 0.247 e. The van der Waals surface area contributed by atoms with Gasteiger partial charge in [-0.1, -0.05) is 60.7 Å². The normalized spacial score (nSPS) is 11.1. The third-order valence-corrected chi connectivity index (χ3v) is 7.69. The number of fused-ring (bicyclic) bond motifs is 5. The van der Waals surface area contributed by atoms with E-state index in [1.807, 2.05) is 48.5 Å². The van der Waals surface area contributed by atoms with Crippen LogP contribution in [0.3, 0.4) is 0 Å². The standard InChI is InChI=1S/C33H15F2N5S/c34-26-13-18(16-36)14-27(35)29(26)20-11-9-19(10-12-20)24-15-25-30(33-32(24)39-41-40-33)23-7-3-4-8-28(23)38-31(25)22-6-2-1-5-21(22)17-37/h1-15H. The summed E-state index contributed by atoms with van der Waals surface area (Å²) in [5.41, 5.74) is 5.69. The summed E-state index contributed by atoms with van der Waals surface area (Å²) in [6.07, 6.45) is 0. The molecule has 0 saturated carbocycles. The van der Waals surface area contributed by atoms with E-state index in [0.29, 0.717) is 33.4 Å². The fourth-order valence-corrected chi connectivity index (χ4v) is 5.87. The highest BCUT2D eigenvalue weighted by Gasteiger charge is 2.21. The van der Waals surface area contributed by atoms with Crippen molar-refractivity contribution in [2.45, 2.75) is 0 Å². The number of pyridine rings is 1. The van der Waals surface area contributed by atoms with Crippen LogP contribution in [0.4, 0.5) is 8.78 Å². The summed E-state index contributed by atoms with van der Waals surface area (Å²) in [5.74, 6) is -1.60. The zero-order valence-electron chi connectivity index (χ0n) is 21.1. The maximum atomic E-state index is 14.7. The second-order valence-electron chi connectivity index (χ2n) is 9.45. The van der Waals surface area contributed by atoms with Crippen molar-refractivity contribution in [1.29, 1.82) is 10.5 Å². The molecule has 5 aromatic carbocycles. The Morgan fingerprint density at radius 2 is 1.34 bits per heavy atom. The molecule has 0 spiro atoms. The Labute approximate surface area is 236 Å². The third kappa shape index (κ3) is 3.89. The number of benzene rings is 5. The predicted octanol–water partition coefficient (Wildman–Crippen LogP) is 8.42. The molecule has 0 bridgehead atoms. The molecule has 0 unspecified atom stereocenters. The molecule has 0 atom stereocenters. The van der Waals surface area contributed by atoms with E-state index in [1.165, 1.54) is 0 Å². The molecule has 7 aromatic rings. The minimum atomic E-state index is -0.801. The molecule has 2 heterocycles. The molecule has 0 radical (unpaired) electrons. The van der Waals surface area contributed by atoms with Gasteiger partial charge in [0.15, 0.2) is 0 Å². The molecule has 0 amide bonds. The Balaban J connectivity index is 1.50. The lowest BCUT2D eigenvalue weighted by molar-refractivity contribution is 0.589. The minimum absolute atomic E-state index is 0.0788. The van der Waals surface area contributed by atoms with Gasteiger partial charge in [-0.05, 0) is 41.5 Å². The SMILES string of the molecule is N#Cc1cc(F)c(-c2ccc(-c3cc4c(-c5ccccc5C#N)nc5ccccc5c4c4nsnc34)cc2)c(F)c1. The van der Waals surface area contributed by atoms with Gasteiger partial charge < -0.3 is 0 Å². The number of hydrogen-bond donors (Lipinski definition) is 0. The Morgan fingerprint density at radius 3 is 2.10 bits per heavy atom. The third-order valence-electron chi connectivity index (χ3n) is 7.16. The van der Waals surface area contributed by atoms with Crippen molar-refractivity contribution < 1.29 is 8.78 Å². The van der Waals surface area contributed by atoms with Crippen molar-refractivity contribution in [2.75, 3.05) is 0 Å². The van der Waals surface area contributed by atoms with Crippen molar-refractivity contribution in [3.8, 4) is 45.6 Å². The number of para-hydroxylation sites is 1. The summed E-state index contributed by atoms with van der Waals surface area (Å²) in [6.45, 7) is 0. The van der Waals surface area contributed by atoms with Crippen LogP contribution in [0.1, 0.15) is 11.1 Å². The van der Waals surface area contributed by atoms with Crippen LogP contribution in [0.2, 0.25) is 0 Å². The van der Waals surface area contributed by atoms with E-state index < -0.39 is 11.6 Å². The second kappa shape index (κ2) is 9.56. The molecule has 0 saturated heterocycles. The maximum Gasteiger partial charge on any atom is 0.135 e. The van der Waals surface area contributed by atoms with Gasteiger partial charge in [0.25, 0.3) is 0 Å². The van der Waals surface area contributed by atoms with Crippen molar-refractivity contribution in [3.63, 3.8) is 0 Å². The minimum Gasteiger partial charge on any atom is -0.247 e. The number of rotatable bonds is 3. The lowest BCUT2D eigenvalue weighted by Crippen LogP contribution is -1.95. The van der Waals surface area contributed by atoms with E-state index >= 15 is 0 Å². The molecule has 8 heteroatoms. The van der Waals surface area contributed by atoms with Crippen LogP contribution in [-0.2, 0) is 0 Å². The molecule has 0 fully saturated rings. The summed E-state index contributed by atoms with van der Waals surface area (Å²) in [4.78, 5) is 4.99. The van der Waals surface area contributed by atoms with Crippen LogP contribution >= 0.6 is 11.7 Å². The van der Waals surface area contributed by atoms with E-state index in [0.717, 1.165) is 56.7 Å². The van der Waals surface area contributed by atoms with Crippen molar-refractivity contribution in [2.24, 2.45) is 0 Å². The average molecular weight is 552 g/mol. The molecule has 7 rings (SSSR count). The van der Waals surface area contributed by atoms with Crippen LogP contribution < -0.4 is 0 Å². The van der Waals surface area contributed by atoms with Gasteiger partial charge in [0.1, 0.15) is 22.7 Å². The van der Waals surface area contributed by atoms with Crippen LogP contribution in [0.15, 0.2) is 91.0 Å². The highest BCUT2D eigenvalue weighted by molar-refractivity contribution is 7.00. The summed E-state index contributed by atoms with van der Waals surface area (Å²) in [5, 5.41) is 21.5. The summed E-state index contributed by atoms with van der Waals surface area (Å²) < 4.78 is 38.7. The zero-order chi connectivity index (χ0) is 28.1. The van der Waals surface area contributed by atoms with Gasteiger partial charge in [-0.25, -0.2) is 13.8 Å². The van der Waals surface area contributed by atoms with Gasteiger partial charge in [-0.15, -0.1) is 0 Å². The summed E-state index contributed by atoms with van der Waals surface area (Å²) >= 11 is 1.10. The molecule has 0 N–H and O–H groups in total. The molecule has 0 aliphatic rings. The van der Waals surface area contributed by atoms with Crippen LogP contribution in [-0.4, -0.2) is 13.7 Å². The Bertz CT molecular complexity index is 2240. The molecule has 192 valence electrons. The van der Waals surface area contributed by atoms with Crippen LogP contribution in [0.5, 0.6) is 0 Å². The highest BCUT2D eigenvalue weighted by atomic mass is 32.1. The van der Waals surface area contributed by atoms with E-state index in [1.54, 1.807) is 36.4 Å². The first-order valence-corrected chi connectivity index (χ1v) is 13.3. The highest BCUT2D eigenvalue weighted by Crippen LogP contribution is 2.42. The molecule has 2 aromatic heterocycles. The quantitative estimate of drug-likeness (QED) is 0.206. The van der Waals surface area contributed by atoms with Crippen LogP contribution in [0.25, 0.3) is 66.2 Å². The topological polar surface area (TPSA) is 86.2 Å².